The van der Waals surface area contributed by atoms with E-state index in [1.54, 1.807) is 12.5 Å². The van der Waals surface area contributed by atoms with Crippen molar-refractivity contribution in [3.8, 4) is 0 Å². The molecule has 2 heterocycles. The van der Waals surface area contributed by atoms with Crippen molar-refractivity contribution >= 4 is 28.2 Å². The predicted molar refractivity (Wildman–Crippen MR) is 84.3 cm³/mol. The lowest BCUT2D eigenvalue weighted by Gasteiger charge is -2.08. The molecule has 0 radical (unpaired) electrons. The second kappa shape index (κ2) is 5.40. The topological polar surface area (TPSA) is 81.7 Å². The Morgan fingerprint density at radius 1 is 1.19 bits per heavy atom. The lowest BCUT2D eigenvalue weighted by atomic mass is 10.2. The Labute approximate surface area is 123 Å². The molecule has 0 bridgehead atoms. The van der Waals surface area contributed by atoms with Gasteiger partial charge in [-0.1, -0.05) is 13.8 Å². The molecule has 0 atom stereocenters. The van der Waals surface area contributed by atoms with Gasteiger partial charge in [-0.3, -0.25) is 0 Å². The van der Waals surface area contributed by atoms with Gasteiger partial charge >= 0.3 is 0 Å². The second-order valence-corrected chi connectivity index (χ2v) is 5.43. The minimum absolute atomic E-state index is 0.511. The summed E-state index contributed by atoms with van der Waals surface area (Å²) in [5.74, 6) is 1.26. The number of nitrogens with two attached hydrogens (primary N) is 1. The van der Waals surface area contributed by atoms with Crippen molar-refractivity contribution in [2.75, 3.05) is 11.1 Å². The Hall–Kier alpha value is -2.63. The van der Waals surface area contributed by atoms with Gasteiger partial charge in [0.2, 0.25) is 0 Å². The molecule has 0 amide bonds. The molecule has 6 nitrogen and oxygen atoms in total. The number of anilines is 3. The first-order chi connectivity index (χ1) is 10.1. The summed E-state index contributed by atoms with van der Waals surface area (Å²) in [4.78, 5) is 8.65. The lowest BCUT2D eigenvalue weighted by Crippen LogP contribution is -2.06. The van der Waals surface area contributed by atoms with E-state index in [0.717, 1.165) is 34.8 Å². The first-order valence-corrected chi connectivity index (χ1v) is 6.92. The number of aromatic nitrogens is 4. The van der Waals surface area contributed by atoms with Crippen molar-refractivity contribution in [2.45, 2.75) is 20.4 Å². The molecule has 6 heteroatoms. The van der Waals surface area contributed by atoms with Gasteiger partial charge in [0.1, 0.15) is 12.1 Å². The summed E-state index contributed by atoms with van der Waals surface area (Å²) >= 11 is 0. The van der Waals surface area contributed by atoms with E-state index in [9.17, 15) is 0 Å². The number of nitrogens with one attached hydrogen (secondary N) is 1. The summed E-state index contributed by atoms with van der Waals surface area (Å²) in [5.41, 5.74) is 8.20. The maximum Gasteiger partial charge on any atom is 0.163 e. The average molecular weight is 282 g/mol. The predicted octanol–water partition coefficient (Wildman–Crippen LogP) is 2.81. The fourth-order valence-corrected chi connectivity index (χ4v) is 2.18. The van der Waals surface area contributed by atoms with Crippen molar-refractivity contribution in [1.29, 1.82) is 0 Å². The number of fused-ring (bicyclic) bond motifs is 1. The van der Waals surface area contributed by atoms with Crippen LogP contribution in [-0.4, -0.2) is 19.7 Å². The molecule has 3 rings (SSSR count). The first kappa shape index (κ1) is 13.4. The standard InChI is InChI=1S/C15H18N6/c1-10(2)8-21-15-13(7-19-21)14(17-9-18-15)20-12-5-3-11(16)4-6-12/h3-7,9-10H,8,16H2,1-2H3,(H,17,18,20). The first-order valence-electron chi connectivity index (χ1n) is 6.92. The van der Waals surface area contributed by atoms with E-state index >= 15 is 0 Å². The molecule has 2 aromatic heterocycles. The Bertz CT molecular complexity index is 744. The summed E-state index contributed by atoms with van der Waals surface area (Å²) in [5, 5.41) is 8.60. The van der Waals surface area contributed by atoms with Crippen molar-refractivity contribution in [3.05, 3.63) is 36.8 Å². The highest BCUT2D eigenvalue weighted by Crippen LogP contribution is 2.23. The third kappa shape index (κ3) is 2.79. The van der Waals surface area contributed by atoms with Crippen LogP contribution in [0.3, 0.4) is 0 Å². The number of nitrogen functional groups attached to an aromatic ring is 1. The Kier molecular flexibility index (Phi) is 3.43. The van der Waals surface area contributed by atoms with E-state index < -0.39 is 0 Å². The van der Waals surface area contributed by atoms with Gasteiger partial charge in [0, 0.05) is 17.9 Å². The van der Waals surface area contributed by atoms with E-state index in [0.29, 0.717) is 5.92 Å². The molecule has 0 fully saturated rings. The summed E-state index contributed by atoms with van der Waals surface area (Å²) in [7, 11) is 0. The van der Waals surface area contributed by atoms with Crippen LogP contribution in [0.25, 0.3) is 11.0 Å². The summed E-state index contributed by atoms with van der Waals surface area (Å²) < 4.78 is 1.91. The highest BCUT2D eigenvalue weighted by atomic mass is 15.3. The third-order valence-corrected chi connectivity index (χ3v) is 3.15. The minimum Gasteiger partial charge on any atom is -0.399 e. The van der Waals surface area contributed by atoms with Gasteiger partial charge in [0.15, 0.2) is 5.65 Å². The van der Waals surface area contributed by atoms with Crippen LogP contribution in [0.15, 0.2) is 36.8 Å². The van der Waals surface area contributed by atoms with Gasteiger partial charge in [-0.25, -0.2) is 14.6 Å². The van der Waals surface area contributed by atoms with Gasteiger partial charge in [0.25, 0.3) is 0 Å². The Morgan fingerprint density at radius 3 is 2.67 bits per heavy atom. The molecule has 0 aliphatic rings. The normalized spacial score (nSPS) is 11.2. The monoisotopic (exact) mass is 282 g/mol. The molecular formula is C15H18N6. The lowest BCUT2D eigenvalue weighted by molar-refractivity contribution is 0.492. The number of nitrogens with zero attached hydrogens (tertiary/aromatic N) is 4. The summed E-state index contributed by atoms with van der Waals surface area (Å²) in [6.45, 7) is 5.15. The van der Waals surface area contributed by atoms with Crippen molar-refractivity contribution < 1.29 is 0 Å². The van der Waals surface area contributed by atoms with E-state index in [4.69, 9.17) is 5.73 Å². The number of hydrogen-bond acceptors (Lipinski definition) is 5. The zero-order chi connectivity index (χ0) is 14.8. The van der Waals surface area contributed by atoms with Crippen molar-refractivity contribution in [2.24, 2.45) is 5.92 Å². The molecule has 3 N–H and O–H groups in total. The Morgan fingerprint density at radius 2 is 1.95 bits per heavy atom. The van der Waals surface area contributed by atoms with Crippen LogP contribution < -0.4 is 11.1 Å². The van der Waals surface area contributed by atoms with Gasteiger partial charge in [0.05, 0.1) is 11.6 Å². The van der Waals surface area contributed by atoms with E-state index in [1.165, 1.54) is 0 Å². The fraction of sp³-hybridized carbons (Fsp3) is 0.267. The number of benzene rings is 1. The van der Waals surface area contributed by atoms with Crippen LogP contribution in [0.4, 0.5) is 17.2 Å². The smallest absolute Gasteiger partial charge is 0.163 e. The highest BCUT2D eigenvalue weighted by Gasteiger charge is 2.10. The highest BCUT2D eigenvalue weighted by molar-refractivity contribution is 5.88. The number of hydrogen-bond donors (Lipinski definition) is 2. The molecule has 0 saturated carbocycles. The second-order valence-electron chi connectivity index (χ2n) is 5.43. The minimum atomic E-state index is 0.511. The van der Waals surface area contributed by atoms with Gasteiger partial charge in [-0.15, -0.1) is 0 Å². The molecule has 0 aliphatic carbocycles. The zero-order valence-electron chi connectivity index (χ0n) is 12.1. The van der Waals surface area contributed by atoms with E-state index in [-0.39, 0.29) is 0 Å². The molecule has 3 aromatic rings. The molecule has 0 unspecified atom stereocenters. The molecule has 21 heavy (non-hydrogen) atoms. The van der Waals surface area contributed by atoms with Gasteiger partial charge in [-0.05, 0) is 30.2 Å². The Balaban J connectivity index is 1.95. The van der Waals surface area contributed by atoms with E-state index in [2.05, 4.69) is 34.2 Å². The molecule has 1 aromatic carbocycles. The zero-order valence-corrected chi connectivity index (χ0v) is 12.1. The summed E-state index contributed by atoms with van der Waals surface area (Å²) in [6.07, 6.45) is 3.36. The van der Waals surface area contributed by atoms with E-state index in [1.807, 2.05) is 28.9 Å². The van der Waals surface area contributed by atoms with Crippen LogP contribution in [0.2, 0.25) is 0 Å². The maximum absolute atomic E-state index is 5.69. The molecule has 108 valence electrons. The van der Waals surface area contributed by atoms with Crippen LogP contribution >= 0.6 is 0 Å². The molecule has 0 spiro atoms. The quantitative estimate of drug-likeness (QED) is 0.719. The summed E-state index contributed by atoms with van der Waals surface area (Å²) in [6, 6.07) is 7.54. The third-order valence-electron chi connectivity index (χ3n) is 3.15. The van der Waals surface area contributed by atoms with Gasteiger partial charge in [-0.2, -0.15) is 5.10 Å². The van der Waals surface area contributed by atoms with Crippen LogP contribution in [0.5, 0.6) is 0 Å². The largest absolute Gasteiger partial charge is 0.399 e. The SMILES string of the molecule is CC(C)Cn1ncc2c(Nc3ccc(N)cc3)ncnc21. The van der Waals surface area contributed by atoms with Crippen LogP contribution in [0.1, 0.15) is 13.8 Å². The van der Waals surface area contributed by atoms with Crippen LogP contribution in [0, 0.1) is 5.92 Å². The van der Waals surface area contributed by atoms with Gasteiger partial charge < -0.3 is 11.1 Å². The van der Waals surface area contributed by atoms with Crippen molar-refractivity contribution in [1.82, 2.24) is 19.7 Å². The average Bonchev–Trinajstić information content (AvgIpc) is 2.85. The molecule has 0 aliphatic heterocycles. The van der Waals surface area contributed by atoms with Crippen LogP contribution in [-0.2, 0) is 6.54 Å². The van der Waals surface area contributed by atoms with Crippen molar-refractivity contribution in [3.63, 3.8) is 0 Å². The maximum atomic E-state index is 5.69. The molecular weight excluding hydrogens is 264 g/mol. The number of rotatable bonds is 4. The molecule has 0 saturated heterocycles. The fourth-order valence-electron chi connectivity index (χ4n) is 2.18.